The Bertz CT molecular complexity index is 606. The van der Waals surface area contributed by atoms with Gasteiger partial charge in [-0.2, -0.15) is 0 Å². The van der Waals surface area contributed by atoms with E-state index in [2.05, 4.69) is 10.1 Å². The molecule has 2 rings (SSSR count). The molecule has 1 aromatic rings. The van der Waals surface area contributed by atoms with Gasteiger partial charge in [0.25, 0.3) is 0 Å². The normalized spacial score (nSPS) is 19.8. The SMILES string of the molecule is COC(=O)C1CC(O)CCN1C(=O)CNC(=O)OCc1ccccc1. The number of likely N-dealkylation sites (tertiary alicyclic amines) is 1. The van der Waals surface area contributed by atoms with Crippen LogP contribution in [-0.4, -0.2) is 60.3 Å². The molecule has 8 nitrogen and oxygen atoms in total. The van der Waals surface area contributed by atoms with E-state index in [1.807, 2.05) is 30.3 Å². The Balaban J connectivity index is 1.81. The minimum Gasteiger partial charge on any atom is -0.467 e. The number of aliphatic hydroxyl groups is 1. The molecular weight excluding hydrogens is 328 g/mol. The molecule has 0 radical (unpaired) electrons. The maximum absolute atomic E-state index is 12.3. The third kappa shape index (κ3) is 5.46. The Kier molecular flexibility index (Phi) is 6.76. The number of esters is 1. The van der Waals surface area contributed by atoms with Crippen molar-refractivity contribution >= 4 is 18.0 Å². The number of hydrogen-bond donors (Lipinski definition) is 2. The molecule has 2 N–H and O–H groups in total. The van der Waals surface area contributed by atoms with Crippen LogP contribution in [0, 0.1) is 0 Å². The van der Waals surface area contributed by atoms with E-state index >= 15 is 0 Å². The number of alkyl carbamates (subject to hydrolysis) is 1. The first kappa shape index (κ1) is 18.7. The largest absolute Gasteiger partial charge is 0.467 e. The Hall–Kier alpha value is -2.61. The van der Waals surface area contributed by atoms with E-state index in [9.17, 15) is 19.5 Å². The number of methoxy groups -OCH3 is 1. The van der Waals surface area contributed by atoms with Crippen LogP contribution in [0.1, 0.15) is 18.4 Å². The summed E-state index contributed by atoms with van der Waals surface area (Å²) < 4.78 is 9.70. The third-order valence-corrected chi connectivity index (χ3v) is 3.97. The number of rotatable bonds is 5. The van der Waals surface area contributed by atoms with Gasteiger partial charge in [0, 0.05) is 13.0 Å². The molecular formula is C17H22N2O6. The second kappa shape index (κ2) is 9.03. The fourth-order valence-electron chi connectivity index (χ4n) is 2.63. The minimum atomic E-state index is -0.844. The molecule has 2 unspecified atom stereocenters. The van der Waals surface area contributed by atoms with Gasteiger partial charge in [0.15, 0.2) is 0 Å². The molecule has 1 aromatic carbocycles. The van der Waals surface area contributed by atoms with Crippen LogP contribution < -0.4 is 5.32 Å². The molecule has 8 heteroatoms. The van der Waals surface area contributed by atoms with E-state index in [0.29, 0.717) is 6.42 Å². The van der Waals surface area contributed by atoms with E-state index in [-0.39, 0.29) is 26.1 Å². The molecule has 0 aromatic heterocycles. The summed E-state index contributed by atoms with van der Waals surface area (Å²) in [6.45, 7) is 0.0271. The van der Waals surface area contributed by atoms with Crippen LogP contribution >= 0.6 is 0 Å². The van der Waals surface area contributed by atoms with Gasteiger partial charge in [-0.05, 0) is 12.0 Å². The standard InChI is InChI=1S/C17H22N2O6/c1-24-16(22)14-9-13(20)7-8-19(14)15(21)10-18-17(23)25-11-12-5-3-2-4-6-12/h2-6,13-14,20H,7-11H2,1H3,(H,18,23). The van der Waals surface area contributed by atoms with Gasteiger partial charge in [0.2, 0.25) is 5.91 Å². The number of nitrogens with one attached hydrogen (secondary N) is 1. The maximum atomic E-state index is 12.3. The maximum Gasteiger partial charge on any atom is 0.407 e. The number of benzene rings is 1. The van der Waals surface area contributed by atoms with Crippen molar-refractivity contribution in [2.24, 2.45) is 0 Å². The Morgan fingerprint density at radius 2 is 2.00 bits per heavy atom. The van der Waals surface area contributed by atoms with E-state index in [0.717, 1.165) is 5.56 Å². The minimum absolute atomic E-state index is 0.0988. The van der Waals surface area contributed by atoms with Crippen molar-refractivity contribution < 1.29 is 29.0 Å². The monoisotopic (exact) mass is 350 g/mol. The van der Waals surface area contributed by atoms with Gasteiger partial charge < -0.3 is 24.8 Å². The molecule has 136 valence electrons. The fraction of sp³-hybridized carbons (Fsp3) is 0.471. The molecule has 1 fully saturated rings. The van der Waals surface area contributed by atoms with Crippen LogP contribution in [0.5, 0.6) is 0 Å². The van der Waals surface area contributed by atoms with Gasteiger partial charge in [0.05, 0.1) is 13.2 Å². The molecule has 25 heavy (non-hydrogen) atoms. The molecule has 1 heterocycles. The predicted octanol–water partition coefficient (Wildman–Crippen LogP) is 0.438. The highest BCUT2D eigenvalue weighted by molar-refractivity contribution is 5.87. The topological polar surface area (TPSA) is 105 Å². The zero-order valence-corrected chi connectivity index (χ0v) is 14.0. The second-order valence-corrected chi connectivity index (χ2v) is 5.72. The van der Waals surface area contributed by atoms with Gasteiger partial charge in [-0.15, -0.1) is 0 Å². The van der Waals surface area contributed by atoms with Gasteiger partial charge in [-0.25, -0.2) is 9.59 Å². The van der Waals surface area contributed by atoms with Crippen molar-refractivity contribution in [3.8, 4) is 0 Å². The summed E-state index contributed by atoms with van der Waals surface area (Å²) >= 11 is 0. The summed E-state index contributed by atoms with van der Waals surface area (Å²) in [5.41, 5.74) is 0.833. The van der Waals surface area contributed by atoms with Crippen LogP contribution in [0.15, 0.2) is 30.3 Å². The first-order valence-corrected chi connectivity index (χ1v) is 8.01. The lowest BCUT2D eigenvalue weighted by Gasteiger charge is -2.36. The fourth-order valence-corrected chi connectivity index (χ4v) is 2.63. The highest BCUT2D eigenvalue weighted by atomic mass is 16.5. The van der Waals surface area contributed by atoms with E-state index < -0.39 is 30.1 Å². The summed E-state index contributed by atoms with van der Waals surface area (Å²) in [7, 11) is 1.23. The van der Waals surface area contributed by atoms with Gasteiger partial charge >= 0.3 is 12.1 Å². The number of carbonyl (C=O) groups is 3. The molecule has 1 saturated heterocycles. The average molecular weight is 350 g/mol. The molecule has 0 saturated carbocycles. The number of aliphatic hydroxyl groups excluding tert-OH is 1. The van der Waals surface area contributed by atoms with Crippen molar-refractivity contribution in [3.05, 3.63) is 35.9 Å². The molecule has 2 amide bonds. The molecule has 0 spiro atoms. The smallest absolute Gasteiger partial charge is 0.407 e. The number of carbonyl (C=O) groups excluding carboxylic acids is 3. The van der Waals surface area contributed by atoms with Crippen molar-refractivity contribution in [2.75, 3.05) is 20.2 Å². The number of piperidine rings is 1. The van der Waals surface area contributed by atoms with Crippen LogP contribution in [0.2, 0.25) is 0 Å². The Morgan fingerprint density at radius 1 is 1.28 bits per heavy atom. The number of nitrogens with zero attached hydrogens (tertiary/aromatic N) is 1. The molecule has 1 aliphatic rings. The Morgan fingerprint density at radius 3 is 2.68 bits per heavy atom. The summed E-state index contributed by atoms with van der Waals surface area (Å²) in [5.74, 6) is -1.02. The van der Waals surface area contributed by atoms with E-state index in [4.69, 9.17) is 4.74 Å². The van der Waals surface area contributed by atoms with Gasteiger partial charge in [0.1, 0.15) is 19.2 Å². The van der Waals surface area contributed by atoms with Crippen molar-refractivity contribution in [2.45, 2.75) is 31.6 Å². The highest BCUT2D eigenvalue weighted by Crippen LogP contribution is 2.18. The quantitative estimate of drug-likeness (QED) is 0.747. The van der Waals surface area contributed by atoms with Crippen molar-refractivity contribution in [3.63, 3.8) is 0 Å². The summed E-state index contributed by atoms with van der Waals surface area (Å²) in [5, 5.41) is 12.1. The number of amides is 2. The van der Waals surface area contributed by atoms with Gasteiger partial charge in [-0.3, -0.25) is 4.79 Å². The molecule has 0 aliphatic carbocycles. The van der Waals surface area contributed by atoms with Crippen LogP contribution in [0.3, 0.4) is 0 Å². The number of ether oxygens (including phenoxy) is 2. The first-order chi connectivity index (χ1) is 12.0. The predicted molar refractivity (Wildman–Crippen MR) is 87.4 cm³/mol. The van der Waals surface area contributed by atoms with Gasteiger partial charge in [-0.1, -0.05) is 30.3 Å². The second-order valence-electron chi connectivity index (χ2n) is 5.72. The van der Waals surface area contributed by atoms with Crippen molar-refractivity contribution in [1.29, 1.82) is 0 Å². The van der Waals surface area contributed by atoms with Crippen LogP contribution in [-0.2, 0) is 25.7 Å². The third-order valence-electron chi connectivity index (χ3n) is 3.97. The van der Waals surface area contributed by atoms with Crippen LogP contribution in [0.25, 0.3) is 0 Å². The average Bonchev–Trinajstić information content (AvgIpc) is 2.64. The van der Waals surface area contributed by atoms with E-state index in [1.54, 1.807) is 0 Å². The lowest BCUT2D eigenvalue weighted by Crippen LogP contribution is -2.54. The zero-order valence-electron chi connectivity index (χ0n) is 14.0. The summed E-state index contributed by atoms with van der Waals surface area (Å²) in [6, 6.07) is 8.31. The number of hydrogen-bond acceptors (Lipinski definition) is 6. The first-order valence-electron chi connectivity index (χ1n) is 8.01. The molecule has 0 bridgehead atoms. The van der Waals surface area contributed by atoms with E-state index in [1.165, 1.54) is 12.0 Å². The summed E-state index contributed by atoms with van der Waals surface area (Å²) in [6.07, 6.45) is -0.880. The zero-order chi connectivity index (χ0) is 18.2. The molecule has 1 aliphatic heterocycles. The summed E-state index contributed by atoms with van der Waals surface area (Å²) in [4.78, 5) is 37.1. The lowest BCUT2D eigenvalue weighted by molar-refractivity contribution is -0.156. The Labute approximate surface area is 145 Å². The lowest BCUT2D eigenvalue weighted by atomic mass is 9.99. The molecule has 2 atom stereocenters. The highest BCUT2D eigenvalue weighted by Gasteiger charge is 2.36. The van der Waals surface area contributed by atoms with Crippen LogP contribution in [0.4, 0.5) is 4.79 Å². The van der Waals surface area contributed by atoms with Crippen molar-refractivity contribution in [1.82, 2.24) is 10.2 Å².